The molecule has 7 heteroatoms. The number of nitrogens with one attached hydrogen (secondary N) is 1. The fourth-order valence-corrected chi connectivity index (χ4v) is 3.31. The quantitative estimate of drug-likeness (QED) is 0.755. The summed E-state index contributed by atoms with van der Waals surface area (Å²) >= 11 is 6.03. The molecule has 0 spiro atoms. The minimum absolute atomic E-state index is 0.0704. The molecule has 29 heavy (non-hydrogen) atoms. The summed E-state index contributed by atoms with van der Waals surface area (Å²) in [5.74, 6) is -1.74. The minimum Gasteiger partial charge on any atom is -0.455 e. The first-order chi connectivity index (χ1) is 13.7. The Hall–Kier alpha value is -2.86. The van der Waals surface area contributed by atoms with Crippen LogP contribution in [0.4, 0.5) is 11.4 Å². The van der Waals surface area contributed by atoms with E-state index in [-0.39, 0.29) is 18.9 Å². The van der Waals surface area contributed by atoms with Crippen LogP contribution < -0.4 is 10.2 Å². The highest BCUT2D eigenvalue weighted by molar-refractivity contribution is 6.31. The minimum atomic E-state index is -0.592. The molecule has 3 rings (SSSR count). The Morgan fingerprint density at radius 1 is 1.10 bits per heavy atom. The van der Waals surface area contributed by atoms with E-state index in [0.29, 0.717) is 10.7 Å². The molecular formula is C22H23ClN2O4. The van der Waals surface area contributed by atoms with E-state index < -0.39 is 24.4 Å². The second kappa shape index (κ2) is 8.66. The van der Waals surface area contributed by atoms with E-state index in [0.717, 1.165) is 22.4 Å². The molecule has 0 aromatic heterocycles. The lowest BCUT2D eigenvalue weighted by Crippen LogP contribution is -2.28. The zero-order valence-corrected chi connectivity index (χ0v) is 17.4. The molecule has 0 bridgehead atoms. The molecule has 152 valence electrons. The molecule has 1 aliphatic rings. The molecule has 6 nitrogen and oxygen atoms in total. The maximum atomic E-state index is 12.4. The number of halogens is 1. The van der Waals surface area contributed by atoms with Gasteiger partial charge in [-0.15, -0.1) is 0 Å². The zero-order valence-electron chi connectivity index (χ0n) is 16.6. The topological polar surface area (TPSA) is 75.7 Å². The first kappa shape index (κ1) is 20.9. The number of ether oxygens (including phenoxy) is 1. The van der Waals surface area contributed by atoms with Crippen LogP contribution in [0.25, 0.3) is 0 Å². The van der Waals surface area contributed by atoms with Crippen LogP contribution in [-0.4, -0.2) is 30.9 Å². The fourth-order valence-electron chi connectivity index (χ4n) is 3.13. The molecule has 0 radical (unpaired) electrons. The number of carbonyl (C=O) groups is 3. The van der Waals surface area contributed by atoms with Gasteiger partial charge in [-0.3, -0.25) is 14.4 Å². The molecule has 1 heterocycles. The van der Waals surface area contributed by atoms with Gasteiger partial charge in [-0.25, -0.2) is 0 Å². The Morgan fingerprint density at radius 2 is 1.83 bits per heavy atom. The summed E-state index contributed by atoms with van der Waals surface area (Å²) in [7, 11) is 0. The number of hydrogen-bond donors (Lipinski definition) is 1. The van der Waals surface area contributed by atoms with Crippen molar-refractivity contribution in [1.29, 1.82) is 0 Å². The van der Waals surface area contributed by atoms with E-state index in [1.807, 2.05) is 39.0 Å². The van der Waals surface area contributed by atoms with E-state index in [1.54, 1.807) is 23.1 Å². The van der Waals surface area contributed by atoms with Gasteiger partial charge in [0.15, 0.2) is 6.61 Å². The van der Waals surface area contributed by atoms with Gasteiger partial charge in [0.2, 0.25) is 5.91 Å². The van der Waals surface area contributed by atoms with Gasteiger partial charge in [0.05, 0.1) is 5.92 Å². The molecule has 2 amide bonds. The van der Waals surface area contributed by atoms with Crippen molar-refractivity contribution in [3.8, 4) is 0 Å². The number of rotatable bonds is 5. The second-order valence-corrected chi connectivity index (χ2v) is 7.70. The largest absolute Gasteiger partial charge is 0.455 e. The van der Waals surface area contributed by atoms with Crippen LogP contribution in [0, 0.1) is 26.7 Å². The van der Waals surface area contributed by atoms with E-state index >= 15 is 0 Å². The highest BCUT2D eigenvalue weighted by atomic mass is 35.5. The molecule has 1 fully saturated rings. The van der Waals surface area contributed by atoms with Crippen molar-refractivity contribution in [3.05, 3.63) is 58.1 Å². The van der Waals surface area contributed by atoms with Gasteiger partial charge in [-0.2, -0.15) is 0 Å². The van der Waals surface area contributed by atoms with E-state index in [9.17, 15) is 14.4 Å². The summed E-state index contributed by atoms with van der Waals surface area (Å²) in [5.41, 5.74) is 4.41. The first-order valence-electron chi connectivity index (χ1n) is 9.35. The normalized spacial score (nSPS) is 16.1. The monoisotopic (exact) mass is 414 g/mol. The average molecular weight is 415 g/mol. The Balaban J connectivity index is 1.54. The Kier molecular flexibility index (Phi) is 6.23. The lowest BCUT2D eigenvalue weighted by molar-refractivity contribution is -0.151. The summed E-state index contributed by atoms with van der Waals surface area (Å²) in [5, 5.41) is 3.17. The standard InChI is InChI=1S/C22H23ClN2O4/c1-13-5-7-18(8-15(13)3)25-11-16(9-21(25)27)22(28)29-12-20(26)24-17-6-4-14(2)19(23)10-17/h4-8,10,16H,9,11-12H2,1-3H3,(H,24,26)/t16-/m1/s1. The third-order valence-electron chi connectivity index (χ3n) is 5.06. The van der Waals surface area contributed by atoms with Gasteiger partial charge in [-0.1, -0.05) is 23.7 Å². The summed E-state index contributed by atoms with van der Waals surface area (Å²) in [6.07, 6.45) is 0.0704. The van der Waals surface area contributed by atoms with Gasteiger partial charge in [0, 0.05) is 29.4 Å². The van der Waals surface area contributed by atoms with Crippen LogP contribution in [0.15, 0.2) is 36.4 Å². The lowest BCUT2D eigenvalue weighted by Gasteiger charge is -2.17. The third-order valence-corrected chi connectivity index (χ3v) is 5.47. The predicted octanol–water partition coefficient (Wildman–Crippen LogP) is 3.80. The molecule has 2 aromatic carbocycles. The van der Waals surface area contributed by atoms with Crippen LogP contribution in [0.3, 0.4) is 0 Å². The number of nitrogens with zero attached hydrogens (tertiary/aromatic N) is 1. The number of carbonyl (C=O) groups excluding carboxylic acids is 3. The number of benzene rings is 2. The van der Waals surface area contributed by atoms with Crippen molar-refractivity contribution in [2.24, 2.45) is 5.92 Å². The van der Waals surface area contributed by atoms with Crippen molar-refractivity contribution in [2.75, 3.05) is 23.4 Å². The van der Waals surface area contributed by atoms with Crippen LogP contribution >= 0.6 is 11.6 Å². The van der Waals surface area contributed by atoms with Crippen LogP contribution in [-0.2, 0) is 19.1 Å². The third kappa shape index (κ3) is 4.95. The SMILES string of the molecule is Cc1ccc(N2C[C@H](C(=O)OCC(=O)Nc3ccc(C)c(Cl)c3)CC2=O)cc1C. The van der Waals surface area contributed by atoms with Crippen molar-refractivity contribution in [3.63, 3.8) is 0 Å². The van der Waals surface area contributed by atoms with E-state index in [2.05, 4.69) is 5.32 Å². The molecule has 1 saturated heterocycles. The lowest BCUT2D eigenvalue weighted by atomic mass is 10.1. The number of esters is 1. The van der Waals surface area contributed by atoms with Crippen LogP contribution in [0.1, 0.15) is 23.1 Å². The average Bonchev–Trinajstić information content (AvgIpc) is 3.07. The van der Waals surface area contributed by atoms with Crippen molar-refractivity contribution < 1.29 is 19.1 Å². The maximum absolute atomic E-state index is 12.4. The Morgan fingerprint density at radius 3 is 2.52 bits per heavy atom. The van der Waals surface area contributed by atoms with Crippen LogP contribution in [0.2, 0.25) is 5.02 Å². The Bertz CT molecular complexity index is 973. The van der Waals surface area contributed by atoms with Gasteiger partial charge in [-0.05, 0) is 61.7 Å². The van der Waals surface area contributed by atoms with E-state index in [1.165, 1.54) is 0 Å². The van der Waals surface area contributed by atoms with Gasteiger partial charge >= 0.3 is 5.97 Å². The second-order valence-electron chi connectivity index (χ2n) is 7.29. The molecule has 1 N–H and O–H groups in total. The number of aryl methyl sites for hydroxylation is 3. The highest BCUT2D eigenvalue weighted by Gasteiger charge is 2.36. The highest BCUT2D eigenvalue weighted by Crippen LogP contribution is 2.27. The Labute approximate surface area is 174 Å². The number of hydrogen-bond acceptors (Lipinski definition) is 4. The molecule has 0 unspecified atom stereocenters. The van der Waals surface area contributed by atoms with Gasteiger partial charge < -0.3 is 15.0 Å². The van der Waals surface area contributed by atoms with Gasteiger partial charge in [0.25, 0.3) is 5.91 Å². The predicted molar refractivity (Wildman–Crippen MR) is 112 cm³/mol. The van der Waals surface area contributed by atoms with Crippen LogP contribution in [0.5, 0.6) is 0 Å². The first-order valence-corrected chi connectivity index (χ1v) is 9.72. The molecular weight excluding hydrogens is 392 g/mol. The van der Waals surface area contributed by atoms with Crippen molar-refractivity contribution in [2.45, 2.75) is 27.2 Å². The summed E-state index contributed by atoms with van der Waals surface area (Å²) in [4.78, 5) is 38.3. The smallest absolute Gasteiger partial charge is 0.311 e. The summed E-state index contributed by atoms with van der Waals surface area (Å²) in [6, 6.07) is 10.9. The summed E-state index contributed by atoms with van der Waals surface area (Å²) in [6.45, 7) is 5.67. The van der Waals surface area contributed by atoms with Crippen molar-refractivity contribution >= 4 is 40.8 Å². The zero-order chi connectivity index (χ0) is 21.1. The molecule has 0 saturated carbocycles. The number of amides is 2. The van der Waals surface area contributed by atoms with Crippen molar-refractivity contribution in [1.82, 2.24) is 0 Å². The molecule has 2 aromatic rings. The molecule has 1 atom stereocenters. The number of anilines is 2. The summed E-state index contributed by atoms with van der Waals surface area (Å²) < 4.78 is 5.13. The molecule has 1 aliphatic heterocycles. The fraction of sp³-hybridized carbons (Fsp3) is 0.318. The van der Waals surface area contributed by atoms with E-state index in [4.69, 9.17) is 16.3 Å². The van der Waals surface area contributed by atoms with Gasteiger partial charge in [0.1, 0.15) is 0 Å². The maximum Gasteiger partial charge on any atom is 0.311 e. The molecule has 0 aliphatic carbocycles.